The standard InChI is InChI=1S/C17H22FN3O/c1-13-11-14(18)4-5-16(13)17-19-6-8-21(17)10-9-20-7-2-3-15(22)12-20/h4-6,8,11,15,22H,2-3,7,9-10,12H2,1H3. The highest BCUT2D eigenvalue weighted by molar-refractivity contribution is 5.60. The molecule has 1 fully saturated rings. The third-order valence-corrected chi connectivity index (χ3v) is 4.28. The molecule has 0 spiro atoms. The number of rotatable bonds is 4. The fourth-order valence-electron chi connectivity index (χ4n) is 3.10. The highest BCUT2D eigenvalue weighted by Gasteiger charge is 2.17. The largest absolute Gasteiger partial charge is 0.392 e. The number of likely N-dealkylation sites (tertiary alicyclic amines) is 1. The molecule has 0 radical (unpaired) electrons. The number of imidazole rings is 1. The Balaban J connectivity index is 1.72. The molecular formula is C17H22FN3O. The topological polar surface area (TPSA) is 41.3 Å². The summed E-state index contributed by atoms with van der Waals surface area (Å²) in [5, 5.41) is 9.74. The van der Waals surface area contributed by atoms with Crippen molar-refractivity contribution in [3.63, 3.8) is 0 Å². The van der Waals surface area contributed by atoms with E-state index in [1.165, 1.54) is 12.1 Å². The molecule has 4 nitrogen and oxygen atoms in total. The predicted octanol–water partition coefficient (Wildman–Crippen LogP) is 2.45. The van der Waals surface area contributed by atoms with Crippen LogP contribution in [0.1, 0.15) is 18.4 Å². The minimum atomic E-state index is -0.221. The Hall–Kier alpha value is -1.72. The molecule has 22 heavy (non-hydrogen) atoms. The second kappa shape index (κ2) is 6.58. The Morgan fingerprint density at radius 1 is 1.36 bits per heavy atom. The SMILES string of the molecule is Cc1cc(F)ccc1-c1nccn1CCN1CCCC(O)C1. The van der Waals surface area contributed by atoms with Gasteiger partial charge >= 0.3 is 0 Å². The number of hydrogen-bond acceptors (Lipinski definition) is 3. The van der Waals surface area contributed by atoms with Gasteiger partial charge in [0.2, 0.25) is 0 Å². The lowest BCUT2D eigenvalue weighted by Crippen LogP contribution is -2.39. The van der Waals surface area contributed by atoms with Gasteiger partial charge < -0.3 is 9.67 Å². The van der Waals surface area contributed by atoms with Gasteiger partial charge in [0.25, 0.3) is 0 Å². The molecule has 2 heterocycles. The lowest BCUT2D eigenvalue weighted by Gasteiger charge is -2.30. The van der Waals surface area contributed by atoms with E-state index in [9.17, 15) is 9.50 Å². The molecule has 118 valence electrons. The lowest BCUT2D eigenvalue weighted by atomic mass is 10.1. The molecule has 1 aromatic carbocycles. The summed E-state index contributed by atoms with van der Waals surface area (Å²) < 4.78 is 15.4. The maximum atomic E-state index is 13.3. The quantitative estimate of drug-likeness (QED) is 0.943. The van der Waals surface area contributed by atoms with Crippen molar-refractivity contribution in [2.45, 2.75) is 32.4 Å². The van der Waals surface area contributed by atoms with Gasteiger partial charge in [0, 0.05) is 37.6 Å². The number of aliphatic hydroxyl groups excluding tert-OH is 1. The van der Waals surface area contributed by atoms with Crippen LogP contribution in [0.25, 0.3) is 11.4 Å². The predicted molar refractivity (Wildman–Crippen MR) is 84.0 cm³/mol. The molecule has 5 heteroatoms. The number of benzene rings is 1. The second-order valence-corrected chi connectivity index (χ2v) is 6.00. The van der Waals surface area contributed by atoms with Gasteiger partial charge in [0.05, 0.1) is 6.10 Å². The summed E-state index contributed by atoms with van der Waals surface area (Å²) in [5.74, 6) is 0.650. The van der Waals surface area contributed by atoms with Gasteiger partial charge in [-0.05, 0) is 50.1 Å². The fourth-order valence-corrected chi connectivity index (χ4v) is 3.10. The van der Waals surface area contributed by atoms with Crippen molar-refractivity contribution in [1.29, 1.82) is 0 Å². The van der Waals surface area contributed by atoms with Crippen LogP contribution in [0.5, 0.6) is 0 Å². The van der Waals surface area contributed by atoms with E-state index < -0.39 is 0 Å². The summed E-state index contributed by atoms with van der Waals surface area (Å²) in [5.41, 5.74) is 1.85. The third-order valence-electron chi connectivity index (χ3n) is 4.28. The molecule has 1 N–H and O–H groups in total. The fraction of sp³-hybridized carbons (Fsp3) is 0.471. The first-order valence-electron chi connectivity index (χ1n) is 7.81. The molecule has 0 amide bonds. The number of piperidine rings is 1. The lowest BCUT2D eigenvalue weighted by molar-refractivity contribution is 0.0690. The van der Waals surface area contributed by atoms with E-state index in [0.717, 1.165) is 56.0 Å². The summed E-state index contributed by atoms with van der Waals surface area (Å²) in [6.45, 7) is 5.40. The molecule has 2 aromatic rings. The van der Waals surface area contributed by atoms with E-state index >= 15 is 0 Å². The second-order valence-electron chi connectivity index (χ2n) is 6.00. The maximum Gasteiger partial charge on any atom is 0.140 e. The molecule has 3 rings (SSSR count). The minimum absolute atomic E-state index is 0.199. The van der Waals surface area contributed by atoms with Gasteiger partial charge in [-0.15, -0.1) is 0 Å². The van der Waals surface area contributed by atoms with Crippen LogP contribution in [0.15, 0.2) is 30.6 Å². The monoisotopic (exact) mass is 303 g/mol. The van der Waals surface area contributed by atoms with Gasteiger partial charge in [0.1, 0.15) is 11.6 Å². The zero-order chi connectivity index (χ0) is 15.5. The van der Waals surface area contributed by atoms with E-state index in [1.54, 1.807) is 12.3 Å². The average Bonchev–Trinajstić information content (AvgIpc) is 2.93. The van der Waals surface area contributed by atoms with E-state index in [0.29, 0.717) is 0 Å². The van der Waals surface area contributed by atoms with E-state index in [4.69, 9.17) is 0 Å². The molecule has 0 bridgehead atoms. The number of nitrogens with zero attached hydrogens (tertiary/aromatic N) is 3. The van der Waals surface area contributed by atoms with Crippen molar-refractivity contribution >= 4 is 0 Å². The van der Waals surface area contributed by atoms with Crippen molar-refractivity contribution in [3.05, 3.63) is 42.0 Å². The molecule has 0 aliphatic carbocycles. The van der Waals surface area contributed by atoms with Crippen LogP contribution in [-0.4, -0.2) is 45.3 Å². The van der Waals surface area contributed by atoms with Crippen LogP contribution in [0.4, 0.5) is 4.39 Å². The Kier molecular flexibility index (Phi) is 4.55. The van der Waals surface area contributed by atoms with Crippen LogP contribution in [-0.2, 0) is 6.54 Å². The molecule has 1 unspecified atom stereocenters. The van der Waals surface area contributed by atoms with Crippen molar-refractivity contribution in [2.75, 3.05) is 19.6 Å². The number of aromatic nitrogens is 2. The van der Waals surface area contributed by atoms with E-state index in [1.807, 2.05) is 13.1 Å². The first-order valence-corrected chi connectivity index (χ1v) is 7.81. The Labute approximate surface area is 130 Å². The minimum Gasteiger partial charge on any atom is -0.392 e. The number of aliphatic hydroxyl groups is 1. The van der Waals surface area contributed by atoms with Crippen LogP contribution in [0, 0.1) is 12.7 Å². The number of aryl methyl sites for hydroxylation is 1. The van der Waals surface area contributed by atoms with Crippen molar-refractivity contribution in [3.8, 4) is 11.4 Å². The summed E-state index contributed by atoms with van der Waals surface area (Å²) in [7, 11) is 0. The zero-order valence-corrected chi connectivity index (χ0v) is 12.9. The van der Waals surface area contributed by atoms with Gasteiger partial charge in [-0.25, -0.2) is 9.37 Å². The average molecular weight is 303 g/mol. The maximum absolute atomic E-state index is 13.3. The molecule has 1 saturated heterocycles. The van der Waals surface area contributed by atoms with Crippen molar-refractivity contribution in [1.82, 2.24) is 14.5 Å². The van der Waals surface area contributed by atoms with E-state index in [2.05, 4.69) is 14.5 Å². The number of β-amino-alcohol motifs (C(OH)–C–C–N with tert-alkyl or cyclic N) is 1. The number of hydrogen-bond donors (Lipinski definition) is 1. The summed E-state index contributed by atoms with van der Waals surface area (Å²) in [6.07, 6.45) is 5.49. The molecule has 1 atom stereocenters. The third kappa shape index (κ3) is 3.36. The Morgan fingerprint density at radius 3 is 3.00 bits per heavy atom. The molecule has 1 aliphatic heterocycles. The van der Waals surface area contributed by atoms with Crippen molar-refractivity contribution in [2.24, 2.45) is 0 Å². The first-order chi connectivity index (χ1) is 10.6. The smallest absolute Gasteiger partial charge is 0.140 e. The molecule has 1 aliphatic rings. The van der Waals surface area contributed by atoms with Gasteiger partial charge in [-0.2, -0.15) is 0 Å². The highest BCUT2D eigenvalue weighted by Crippen LogP contribution is 2.22. The number of halogens is 1. The Bertz CT molecular complexity index is 641. The van der Waals surface area contributed by atoms with Crippen LogP contribution in [0.3, 0.4) is 0 Å². The normalized spacial score (nSPS) is 19.5. The van der Waals surface area contributed by atoms with Gasteiger partial charge in [0.15, 0.2) is 0 Å². The zero-order valence-electron chi connectivity index (χ0n) is 12.9. The van der Waals surface area contributed by atoms with Crippen LogP contribution < -0.4 is 0 Å². The summed E-state index contributed by atoms with van der Waals surface area (Å²) in [4.78, 5) is 6.72. The van der Waals surface area contributed by atoms with Gasteiger partial charge in [-0.1, -0.05) is 0 Å². The Morgan fingerprint density at radius 2 is 2.23 bits per heavy atom. The van der Waals surface area contributed by atoms with Crippen LogP contribution >= 0.6 is 0 Å². The van der Waals surface area contributed by atoms with Gasteiger partial charge in [-0.3, -0.25) is 4.90 Å². The van der Waals surface area contributed by atoms with E-state index in [-0.39, 0.29) is 11.9 Å². The van der Waals surface area contributed by atoms with Crippen LogP contribution in [0.2, 0.25) is 0 Å². The molecule has 1 aromatic heterocycles. The molecule has 0 saturated carbocycles. The van der Waals surface area contributed by atoms with Crippen molar-refractivity contribution < 1.29 is 9.50 Å². The summed E-state index contributed by atoms with van der Waals surface area (Å²) >= 11 is 0. The highest BCUT2D eigenvalue weighted by atomic mass is 19.1. The summed E-state index contributed by atoms with van der Waals surface area (Å²) in [6, 6.07) is 4.80. The first kappa shape index (κ1) is 15.2. The molecular weight excluding hydrogens is 281 g/mol.